The van der Waals surface area contributed by atoms with Gasteiger partial charge in [0.2, 0.25) is 0 Å². The number of hydrazone groups is 1. The number of para-hydroxylation sites is 1. The van der Waals surface area contributed by atoms with Crippen LogP contribution < -0.4 is 15.5 Å². The first-order chi connectivity index (χ1) is 15.0. The number of ether oxygens (including phenoxy) is 1. The van der Waals surface area contributed by atoms with Crippen molar-refractivity contribution < 1.29 is 18.7 Å². The van der Waals surface area contributed by atoms with Crippen LogP contribution in [0.25, 0.3) is 6.08 Å². The summed E-state index contributed by atoms with van der Waals surface area (Å²) < 4.78 is 10.3. The molecule has 0 aliphatic rings. The smallest absolute Gasteiger partial charge is 0.336 e. The Morgan fingerprint density at radius 1 is 1.03 bits per heavy atom. The van der Waals surface area contributed by atoms with E-state index < -0.39 is 5.97 Å². The number of carbonyl (C=O) groups is 2. The molecule has 1 amide bonds. The fraction of sp³-hybridized carbons (Fsp3) is 0.125. The molecule has 3 aromatic rings. The number of hydrogen-bond donors (Lipinski definition) is 2. The van der Waals surface area contributed by atoms with E-state index in [1.807, 2.05) is 32.0 Å². The quantitative estimate of drug-likeness (QED) is 0.189. The largest absolute Gasteiger partial charge is 0.465 e. The summed E-state index contributed by atoms with van der Waals surface area (Å²) in [6.07, 6.45) is 5.85. The zero-order valence-electron chi connectivity index (χ0n) is 17.3. The highest BCUT2D eigenvalue weighted by molar-refractivity contribution is 5.88. The molecule has 0 saturated carbocycles. The number of amides is 1. The van der Waals surface area contributed by atoms with Crippen LogP contribution in [0.4, 0.5) is 5.69 Å². The summed E-state index contributed by atoms with van der Waals surface area (Å²) >= 11 is 0. The van der Waals surface area contributed by atoms with Crippen molar-refractivity contribution >= 4 is 29.9 Å². The average molecular weight is 417 g/mol. The second-order valence-corrected chi connectivity index (χ2v) is 6.75. The molecular weight excluding hydrogens is 394 g/mol. The molecule has 3 rings (SSSR count). The van der Waals surface area contributed by atoms with Crippen LogP contribution in [0.15, 0.2) is 76.5 Å². The van der Waals surface area contributed by atoms with Gasteiger partial charge in [0.05, 0.1) is 19.0 Å². The summed E-state index contributed by atoms with van der Waals surface area (Å²) in [6, 6.07) is 16.2. The molecule has 31 heavy (non-hydrogen) atoms. The number of rotatable bonds is 8. The van der Waals surface area contributed by atoms with E-state index in [9.17, 15) is 9.59 Å². The van der Waals surface area contributed by atoms with Gasteiger partial charge in [-0.3, -0.25) is 4.79 Å². The van der Waals surface area contributed by atoms with Crippen LogP contribution in [0.2, 0.25) is 0 Å². The lowest BCUT2D eigenvalue weighted by Crippen LogP contribution is -2.26. The minimum absolute atomic E-state index is 0.115. The zero-order valence-corrected chi connectivity index (χ0v) is 17.3. The van der Waals surface area contributed by atoms with E-state index in [0.717, 1.165) is 22.4 Å². The molecular formula is C24H23N3O4. The number of nitrogens with zero attached hydrogens (tertiary/aromatic N) is 1. The Kier molecular flexibility index (Phi) is 7.37. The molecule has 0 saturated heterocycles. The van der Waals surface area contributed by atoms with E-state index in [1.165, 1.54) is 24.6 Å². The summed E-state index contributed by atoms with van der Waals surface area (Å²) in [4.78, 5) is 23.8. The molecule has 7 nitrogen and oxygen atoms in total. The molecule has 7 heteroatoms. The lowest BCUT2D eigenvalue weighted by Gasteiger charge is -2.11. The van der Waals surface area contributed by atoms with Crippen molar-refractivity contribution in [3.8, 4) is 5.75 Å². The van der Waals surface area contributed by atoms with Gasteiger partial charge in [-0.25, -0.2) is 10.2 Å². The van der Waals surface area contributed by atoms with Crippen LogP contribution >= 0.6 is 0 Å². The fourth-order valence-electron chi connectivity index (χ4n) is 2.79. The molecule has 0 aliphatic carbocycles. The number of esters is 1. The minimum Gasteiger partial charge on any atom is -0.465 e. The van der Waals surface area contributed by atoms with Crippen molar-refractivity contribution in [2.45, 2.75) is 13.8 Å². The van der Waals surface area contributed by atoms with Crippen molar-refractivity contribution in [1.29, 1.82) is 0 Å². The maximum Gasteiger partial charge on any atom is 0.336 e. The molecule has 158 valence electrons. The standard InChI is InChI=1S/C24H23N3O4/c1-17-5-3-6-18(2)24(17)25-16-22(28)27-26-15-19-8-10-21(11-9-19)31-23(29)13-12-20-7-4-14-30-20/h3-15,25H,16H2,1-2H3,(H,27,28)/b13-12+,26-15-. The maximum atomic E-state index is 12.0. The van der Waals surface area contributed by atoms with E-state index in [-0.39, 0.29) is 12.5 Å². The average Bonchev–Trinajstić information content (AvgIpc) is 3.27. The minimum atomic E-state index is -0.513. The Balaban J connectivity index is 1.44. The number of anilines is 1. The Morgan fingerprint density at radius 3 is 2.45 bits per heavy atom. The normalized spacial score (nSPS) is 11.0. The molecule has 0 spiro atoms. The van der Waals surface area contributed by atoms with Crippen molar-refractivity contribution in [2.75, 3.05) is 11.9 Å². The third-order valence-electron chi connectivity index (χ3n) is 4.34. The van der Waals surface area contributed by atoms with Gasteiger partial charge in [-0.2, -0.15) is 5.10 Å². The van der Waals surface area contributed by atoms with E-state index in [0.29, 0.717) is 11.5 Å². The predicted octanol–water partition coefficient (Wildman–Crippen LogP) is 4.08. The molecule has 0 aliphatic heterocycles. The molecule has 2 N–H and O–H groups in total. The summed E-state index contributed by atoms with van der Waals surface area (Å²) in [7, 11) is 0. The first-order valence-corrected chi connectivity index (χ1v) is 9.67. The highest BCUT2D eigenvalue weighted by Gasteiger charge is 2.05. The number of benzene rings is 2. The fourth-order valence-corrected chi connectivity index (χ4v) is 2.79. The van der Waals surface area contributed by atoms with Crippen molar-refractivity contribution in [2.24, 2.45) is 5.10 Å². The number of nitrogens with one attached hydrogen (secondary N) is 2. The van der Waals surface area contributed by atoms with Gasteiger partial charge in [0, 0.05) is 11.8 Å². The lowest BCUT2D eigenvalue weighted by molar-refractivity contribution is -0.129. The second kappa shape index (κ2) is 10.6. The number of aryl methyl sites for hydroxylation is 2. The highest BCUT2D eigenvalue weighted by Crippen LogP contribution is 2.18. The third kappa shape index (κ3) is 6.71. The predicted molar refractivity (Wildman–Crippen MR) is 120 cm³/mol. The molecule has 0 fully saturated rings. The van der Waals surface area contributed by atoms with Crippen LogP contribution in [0, 0.1) is 13.8 Å². The second-order valence-electron chi connectivity index (χ2n) is 6.75. The molecule has 0 radical (unpaired) electrons. The molecule has 0 bridgehead atoms. The van der Waals surface area contributed by atoms with Crippen molar-refractivity contribution in [3.63, 3.8) is 0 Å². The number of furan rings is 1. The van der Waals surface area contributed by atoms with Crippen LogP contribution in [0.1, 0.15) is 22.5 Å². The Labute approximate surface area is 180 Å². The van der Waals surface area contributed by atoms with E-state index in [2.05, 4.69) is 15.8 Å². The van der Waals surface area contributed by atoms with Gasteiger partial charge in [-0.1, -0.05) is 18.2 Å². The zero-order chi connectivity index (χ0) is 22.1. The van der Waals surface area contributed by atoms with Gasteiger partial charge in [0.15, 0.2) is 0 Å². The van der Waals surface area contributed by atoms with E-state index in [1.54, 1.807) is 36.4 Å². The Bertz CT molecular complexity index is 1060. The Hall–Kier alpha value is -4.13. The summed E-state index contributed by atoms with van der Waals surface area (Å²) in [5, 5.41) is 7.08. The molecule has 0 atom stereocenters. The SMILES string of the molecule is Cc1cccc(C)c1NCC(=O)N/N=C\c1ccc(OC(=O)/C=C/c2ccco2)cc1. The van der Waals surface area contributed by atoms with Crippen LogP contribution in [-0.4, -0.2) is 24.6 Å². The van der Waals surface area contributed by atoms with Gasteiger partial charge in [0.25, 0.3) is 5.91 Å². The molecule has 0 unspecified atom stereocenters. The summed E-state index contributed by atoms with van der Waals surface area (Å²) in [5.74, 6) is 0.192. The van der Waals surface area contributed by atoms with Crippen LogP contribution in [-0.2, 0) is 9.59 Å². The highest BCUT2D eigenvalue weighted by atomic mass is 16.5. The first-order valence-electron chi connectivity index (χ1n) is 9.67. The third-order valence-corrected chi connectivity index (χ3v) is 4.34. The van der Waals surface area contributed by atoms with E-state index in [4.69, 9.17) is 9.15 Å². The van der Waals surface area contributed by atoms with Gasteiger partial charge in [-0.05, 0) is 73.0 Å². The van der Waals surface area contributed by atoms with Gasteiger partial charge in [-0.15, -0.1) is 0 Å². The van der Waals surface area contributed by atoms with Crippen molar-refractivity contribution in [1.82, 2.24) is 5.43 Å². The van der Waals surface area contributed by atoms with Crippen LogP contribution in [0.3, 0.4) is 0 Å². The van der Waals surface area contributed by atoms with Gasteiger partial charge >= 0.3 is 5.97 Å². The van der Waals surface area contributed by atoms with Gasteiger partial charge in [0.1, 0.15) is 11.5 Å². The first kappa shape index (κ1) is 21.6. The lowest BCUT2D eigenvalue weighted by atomic mass is 10.1. The van der Waals surface area contributed by atoms with Gasteiger partial charge < -0.3 is 14.5 Å². The molecule has 2 aromatic carbocycles. The number of carbonyl (C=O) groups excluding carboxylic acids is 2. The molecule has 1 heterocycles. The maximum absolute atomic E-state index is 12.0. The van der Waals surface area contributed by atoms with Crippen molar-refractivity contribution in [3.05, 3.63) is 89.4 Å². The number of hydrogen-bond acceptors (Lipinski definition) is 6. The monoisotopic (exact) mass is 417 g/mol. The molecule has 1 aromatic heterocycles. The summed E-state index contributed by atoms with van der Waals surface area (Å²) in [5.41, 5.74) is 6.33. The van der Waals surface area contributed by atoms with E-state index >= 15 is 0 Å². The van der Waals surface area contributed by atoms with Crippen LogP contribution in [0.5, 0.6) is 5.75 Å². The topological polar surface area (TPSA) is 92.9 Å². The summed E-state index contributed by atoms with van der Waals surface area (Å²) in [6.45, 7) is 4.09. The Morgan fingerprint density at radius 2 is 1.77 bits per heavy atom.